The summed E-state index contributed by atoms with van der Waals surface area (Å²) in [5.41, 5.74) is 0.598. The molecule has 0 unspecified atom stereocenters. The van der Waals surface area contributed by atoms with Crippen molar-refractivity contribution in [2.24, 2.45) is 0 Å². The SMILES string of the molecule is CCCN(C)c1nc(C)c(C(=O)O)s1. The van der Waals surface area contributed by atoms with Gasteiger partial charge in [-0.25, -0.2) is 9.78 Å². The molecule has 0 spiro atoms. The van der Waals surface area contributed by atoms with Crippen LogP contribution in [-0.2, 0) is 0 Å². The van der Waals surface area contributed by atoms with E-state index in [4.69, 9.17) is 5.11 Å². The topological polar surface area (TPSA) is 53.4 Å². The van der Waals surface area contributed by atoms with E-state index in [1.807, 2.05) is 11.9 Å². The summed E-state index contributed by atoms with van der Waals surface area (Å²) in [6, 6.07) is 0. The van der Waals surface area contributed by atoms with Crippen LogP contribution >= 0.6 is 11.3 Å². The number of hydrogen-bond acceptors (Lipinski definition) is 4. The lowest BCUT2D eigenvalue weighted by molar-refractivity contribution is 0.0701. The summed E-state index contributed by atoms with van der Waals surface area (Å²) in [7, 11) is 1.92. The lowest BCUT2D eigenvalue weighted by atomic mass is 10.4. The molecule has 0 amide bonds. The number of thiazole rings is 1. The minimum atomic E-state index is -0.892. The zero-order valence-corrected chi connectivity index (χ0v) is 9.39. The first-order valence-corrected chi connectivity index (χ1v) is 5.29. The van der Waals surface area contributed by atoms with Crippen LogP contribution in [0.2, 0.25) is 0 Å². The first-order chi connectivity index (χ1) is 6.56. The van der Waals surface area contributed by atoms with E-state index in [0.29, 0.717) is 10.6 Å². The maximum absolute atomic E-state index is 10.8. The highest BCUT2D eigenvalue weighted by Crippen LogP contribution is 2.25. The highest BCUT2D eigenvalue weighted by atomic mass is 32.1. The quantitative estimate of drug-likeness (QED) is 0.832. The molecule has 1 aromatic heterocycles. The molecule has 78 valence electrons. The summed E-state index contributed by atoms with van der Waals surface area (Å²) in [6.45, 7) is 4.70. The van der Waals surface area contributed by atoms with Gasteiger partial charge in [0.15, 0.2) is 5.13 Å². The predicted molar refractivity (Wildman–Crippen MR) is 57.4 cm³/mol. The Bertz CT molecular complexity index is 336. The Morgan fingerprint density at radius 2 is 2.29 bits per heavy atom. The molecule has 0 saturated heterocycles. The molecular weight excluding hydrogens is 200 g/mol. The van der Waals surface area contributed by atoms with Gasteiger partial charge in [0, 0.05) is 13.6 Å². The average molecular weight is 214 g/mol. The fourth-order valence-corrected chi connectivity index (χ4v) is 2.07. The molecule has 1 aromatic rings. The molecule has 1 N–H and O–H groups in total. The van der Waals surface area contributed by atoms with Gasteiger partial charge in [0.05, 0.1) is 5.69 Å². The molecule has 0 aromatic carbocycles. The zero-order chi connectivity index (χ0) is 10.7. The van der Waals surface area contributed by atoms with Gasteiger partial charge in [-0.05, 0) is 13.3 Å². The van der Waals surface area contributed by atoms with E-state index >= 15 is 0 Å². The second kappa shape index (κ2) is 4.41. The van der Waals surface area contributed by atoms with Crippen LogP contribution in [-0.4, -0.2) is 29.7 Å². The first kappa shape index (κ1) is 11.0. The molecule has 0 aliphatic carbocycles. The zero-order valence-electron chi connectivity index (χ0n) is 8.57. The van der Waals surface area contributed by atoms with Crippen molar-refractivity contribution in [2.75, 3.05) is 18.5 Å². The van der Waals surface area contributed by atoms with E-state index in [1.54, 1.807) is 6.92 Å². The minimum Gasteiger partial charge on any atom is -0.477 e. The summed E-state index contributed by atoms with van der Waals surface area (Å²) in [4.78, 5) is 17.3. The van der Waals surface area contributed by atoms with Crippen molar-refractivity contribution < 1.29 is 9.90 Å². The fourth-order valence-electron chi connectivity index (χ4n) is 1.17. The summed E-state index contributed by atoms with van der Waals surface area (Å²) < 4.78 is 0. The van der Waals surface area contributed by atoms with Crippen LogP contribution in [0.5, 0.6) is 0 Å². The number of nitrogens with zero attached hydrogens (tertiary/aromatic N) is 2. The number of aryl methyl sites for hydroxylation is 1. The fraction of sp³-hybridized carbons (Fsp3) is 0.556. The monoisotopic (exact) mass is 214 g/mol. The second-order valence-corrected chi connectivity index (χ2v) is 4.12. The molecule has 0 atom stereocenters. The third-order valence-electron chi connectivity index (χ3n) is 1.87. The molecule has 4 nitrogen and oxygen atoms in total. The highest BCUT2D eigenvalue weighted by Gasteiger charge is 2.15. The molecule has 14 heavy (non-hydrogen) atoms. The maximum Gasteiger partial charge on any atom is 0.347 e. The van der Waals surface area contributed by atoms with Crippen molar-refractivity contribution in [1.29, 1.82) is 0 Å². The van der Waals surface area contributed by atoms with Gasteiger partial charge >= 0.3 is 5.97 Å². The Hall–Kier alpha value is -1.10. The van der Waals surface area contributed by atoms with Crippen LogP contribution in [0, 0.1) is 6.92 Å². The molecule has 0 aliphatic heterocycles. The lowest BCUT2D eigenvalue weighted by Gasteiger charge is -2.13. The molecule has 0 aliphatic rings. The summed E-state index contributed by atoms with van der Waals surface area (Å²) in [5, 5.41) is 9.62. The summed E-state index contributed by atoms with van der Waals surface area (Å²) >= 11 is 1.23. The van der Waals surface area contributed by atoms with Crippen molar-refractivity contribution in [3.8, 4) is 0 Å². The van der Waals surface area contributed by atoms with Crippen LogP contribution in [0.15, 0.2) is 0 Å². The number of aromatic carboxylic acids is 1. The van der Waals surface area contributed by atoms with Crippen LogP contribution < -0.4 is 4.90 Å². The van der Waals surface area contributed by atoms with E-state index in [9.17, 15) is 4.79 Å². The lowest BCUT2D eigenvalue weighted by Crippen LogP contribution is -2.17. The van der Waals surface area contributed by atoms with Crippen LogP contribution in [0.1, 0.15) is 28.7 Å². The van der Waals surface area contributed by atoms with Crippen molar-refractivity contribution in [1.82, 2.24) is 4.98 Å². The number of carboxylic acids is 1. The number of hydrogen-bond donors (Lipinski definition) is 1. The summed E-state index contributed by atoms with van der Waals surface area (Å²) in [6.07, 6.45) is 1.03. The Morgan fingerprint density at radius 3 is 2.71 bits per heavy atom. The molecule has 1 rings (SSSR count). The number of carbonyl (C=O) groups is 1. The molecule has 0 bridgehead atoms. The van der Waals surface area contributed by atoms with Gasteiger partial charge in [-0.1, -0.05) is 18.3 Å². The number of carboxylic acid groups (broad SMARTS) is 1. The highest BCUT2D eigenvalue weighted by molar-refractivity contribution is 7.17. The van der Waals surface area contributed by atoms with Crippen LogP contribution in [0.25, 0.3) is 0 Å². The van der Waals surface area contributed by atoms with Gasteiger partial charge in [-0.15, -0.1) is 0 Å². The van der Waals surface area contributed by atoms with E-state index in [2.05, 4.69) is 11.9 Å². The van der Waals surface area contributed by atoms with Crippen molar-refractivity contribution in [2.45, 2.75) is 20.3 Å². The van der Waals surface area contributed by atoms with Gasteiger partial charge in [-0.2, -0.15) is 0 Å². The van der Waals surface area contributed by atoms with Gasteiger partial charge in [-0.3, -0.25) is 0 Å². The van der Waals surface area contributed by atoms with Gasteiger partial charge < -0.3 is 10.0 Å². The smallest absolute Gasteiger partial charge is 0.347 e. The largest absolute Gasteiger partial charge is 0.477 e. The Balaban J connectivity index is 2.90. The standard InChI is InChI=1S/C9H14N2O2S/c1-4-5-11(3)9-10-6(2)7(14-9)8(12)13/h4-5H2,1-3H3,(H,12,13). The Labute approximate surface area is 87.2 Å². The third-order valence-corrected chi connectivity index (χ3v) is 3.12. The third kappa shape index (κ3) is 2.23. The number of rotatable bonds is 4. The van der Waals surface area contributed by atoms with Crippen LogP contribution in [0.4, 0.5) is 5.13 Å². The van der Waals surface area contributed by atoms with E-state index in [1.165, 1.54) is 11.3 Å². The molecule has 0 saturated carbocycles. The minimum absolute atomic E-state index is 0.336. The average Bonchev–Trinajstić information content (AvgIpc) is 2.48. The second-order valence-electron chi connectivity index (χ2n) is 3.14. The maximum atomic E-state index is 10.8. The van der Waals surface area contributed by atoms with E-state index in [-0.39, 0.29) is 0 Å². The molecule has 0 fully saturated rings. The van der Waals surface area contributed by atoms with Crippen molar-refractivity contribution in [3.05, 3.63) is 10.6 Å². The molecule has 5 heteroatoms. The van der Waals surface area contributed by atoms with E-state index in [0.717, 1.165) is 18.1 Å². The predicted octanol–water partition coefficient (Wildman–Crippen LogP) is 2.00. The van der Waals surface area contributed by atoms with E-state index < -0.39 is 5.97 Å². The number of aromatic nitrogens is 1. The molecular formula is C9H14N2O2S. The Kier molecular flexibility index (Phi) is 3.46. The normalized spacial score (nSPS) is 10.2. The van der Waals surface area contributed by atoms with Gasteiger partial charge in [0.2, 0.25) is 0 Å². The van der Waals surface area contributed by atoms with Crippen molar-refractivity contribution >= 4 is 22.4 Å². The van der Waals surface area contributed by atoms with Gasteiger partial charge in [0.25, 0.3) is 0 Å². The van der Waals surface area contributed by atoms with Crippen molar-refractivity contribution in [3.63, 3.8) is 0 Å². The molecule has 0 radical (unpaired) electrons. The Morgan fingerprint density at radius 1 is 1.64 bits per heavy atom. The first-order valence-electron chi connectivity index (χ1n) is 4.48. The van der Waals surface area contributed by atoms with Crippen LogP contribution in [0.3, 0.4) is 0 Å². The van der Waals surface area contributed by atoms with Gasteiger partial charge in [0.1, 0.15) is 4.88 Å². The molecule has 1 heterocycles. The number of anilines is 1. The summed E-state index contributed by atoms with van der Waals surface area (Å²) in [5.74, 6) is -0.892.